The van der Waals surface area contributed by atoms with E-state index in [0.717, 1.165) is 34.8 Å². The van der Waals surface area contributed by atoms with Gasteiger partial charge in [0.1, 0.15) is 0 Å². The molecule has 3 nitrogen and oxygen atoms in total. The standard InChI is InChI=1S/C22H22ClNO2S/c1-17-10-11-21(15-22(17)27(25)26)24(16-19-6-3-2-4-7-19)13-12-18-8-5-9-20(23)14-18/h2-11,14-15H,12-13,16H2,1H3,(H,25,26)/p-1. The number of benzene rings is 3. The highest BCUT2D eigenvalue weighted by Crippen LogP contribution is 2.24. The average Bonchev–Trinajstić information content (AvgIpc) is 2.66. The second kappa shape index (κ2) is 9.18. The van der Waals surface area contributed by atoms with Gasteiger partial charge in [0.05, 0.1) is 0 Å². The fourth-order valence-electron chi connectivity index (χ4n) is 3.02. The fourth-order valence-corrected chi connectivity index (χ4v) is 3.79. The molecular formula is C22H21ClNO2S-. The first-order valence-electron chi connectivity index (χ1n) is 8.76. The number of nitrogens with zero attached hydrogens (tertiary/aromatic N) is 1. The number of anilines is 1. The molecule has 0 aliphatic heterocycles. The van der Waals surface area contributed by atoms with Crippen LogP contribution in [0, 0.1) is 6.92 Å². The van der Waals surface area contributed by atoms with E-state index in [1.165, 1.54) is 5.56 Å². The van der Waals surface area contributed by atoms with Gasteiger partial charge in [0.25, 0.3) is 0 Å². The van der Waals surface area contributed by atoms with Crippen molar-refractivity contribution >= 4 is 28.4 Å². The molecular weight excluding hydrogens is 378 g/mol. The Morgan fingerprint density at radius 1 is 0.963 bits per heavy atom. The summed E-state index contributed by atoms with van der Waals surface area (Å²) < 4.78 is 23.1. The first-order chi connectivity index (χ1) is 13.0. The summed E-state index contributed by atoms with van der Waals surface area (Å²) in [5, 5.41) is 0.724. The molecule has 0 N–H and O–H groups in total. The van der Waals surface area contributed by atoms with Crippen LogP contribution in [0.25, 0.3) is 0 Å². The van der Waals surface area contributed by atoms with Gasteiger partial charge in [-0.2, -0.15) is 0 Å². The lowest BCUT2D eigenvalue weighted by Crippen LogP contribution is -2.25. The van der Waals surface area contributed by atoms with E-state index >= 15 is 0 Å². The summed E-state index contributed by atoms with van der Waals surface area (Å²) in [7, 11) is 0. The van der Waals surface area contributed by atoms with Crippen LogP contribution in [0.2, 0.25) is 5.02 Å². The van der Waals surface area contributed by atoms with Crippen molar-refractivity contribution in [3.05, 3.63) is 94.5 Å². The molecule has 3 aromatic rings. The predicted molar refractivity (Wildman–Crippen MR) is 111 cm³/mol. The fraction of sp³-hybridized carbons (Fsp3) is 0.182. The van der Waals surface area contributed by atoms with Gasteiger partial charge < -0.3 is 9.45 Å². The molecule has 1 unspecified atom stereocenters. The van der Waals surface area contributed by atoms with Gasteiger partial charge in [0, 0.05) is 28.7 Å². The van der Waals surface area contributed by atoms with Crippen molar-refractivity contribution in [3.8, 4) is 0 Å². The van der Waals surface area contributed by atoms with Crippen LogP contribution in [0.3, 0.4) is 0 Å². The van der Waals surface area contributed by atoms with Gasteiger partial charge in [-0.3, -0.25) is 4.21 Å². The normalized spacial score (nSPS) is 12.0. The topological polar surface area (TPSA) is 43.4 Å². The molecule has 0 saturated carbocycles. The Morgan fingerprint density at radius 3 is 2.41 bits per heavy atom. The van der Waals surface area contributed by atoms with Gasteiger partial charge in [-0.15, -0.1) is 0 Å². The van der Waals surface area contributed by atoms with Gasteiger partial charge in [0.2, 0.25) is 0 Å². The molecule has 0 radical (unpaired) electrons. The number of halogens is 1. The lowest BCUT2D eigenvalue weighted by Gasteiger charge is -2.26. The van der Waals surface area contributed by atoms with E-state index in [9.17, 15) is 8.76 Å². The second-order valence-corrected chi connectivity index (χ2v) is 7.82. The molecule has 140 valence electrons. The number of rotatable bonds is 7. The Bertz CT molecular complexity index is 931. The monoisotopic (exact) mass is 398 g/mol. The number of hydrogen-bond donors (Lipinski definition) is 0. The molecule has 0 spiro atoms. The zero-order valence-electron chi connectivity index (χ0n) is 15.1. The van der Waals surface area contributed by atoms with Gasteiger partial charge in [-0.05, 0) is 65.4 Å². The van der Waals surface area contributed by atoms with Crippen molar-refractivity contribution in [2.45, 2.75) is 24.8 Å². The molecule has 3 rings (SSSR count). The highest BCUT2D eigenvalue weighted by molar-refractivity contribution is 7.79. The largest absolute Gasteiger partial charge is 0.768 e. The first kappa shape index (κ1) is 19.6. The lowest BCUT2D eigenvalue weighted by molar-refractivity contribution is 0.536. The molecule has 0 saturated heterocycles. The maximum atomic E-state index is 11.5. The average molecular weight is 399 g/mol. The quantitative estimate of drug-likeness (QED) is 0.518. The van der Waals surface area contributed by atoms with Crippen LogP contribution in [-0.2, 0) is 24.0 Å². The summed E-state index contributed by atoms with van der Waals surface area (Å²) in [5.74, 6) is 0. The van der Waals surface area contributed by atoms with Crippen LogP contribution >= 0.6 is 11.6 Å². The zero-order valence-corrected chi connectivity index (χ0v) is 16.7. The van der Waals surface area contributed by atoms with E-state index in [4.69, 9.17) is 11.6 Å². The summed E-state index contributed by atoms with van der Waals surface area (Å²) in [4.78, 5) is 2.54. The van der Waals surface area contributed by atoms with Gasteiger partial charge in [0.15, 0.2) is 0 Å². The summed E-state index contributed by atoms with van der Waals surface area (Å²) >= 11 is 3.85. The van der Waals surface area contributed by atoms with Crippen LogP contribution in [0.4, 0.5) is 5.69 Å². The molecule has 0 bridgehead atoms. The van der Waals surface area contributed by atoms with E-state index in [1.54, 1.807) is 6.07 Å². The molecule has 3 aromatic carbocycles. The highest BCUT2D eigenvalue weighted by atomic mass is 35.5. The smallest absolute Gasteiger partial charge is 0.0429 e. The van der Waals surface area contributed by atoms with Crippen molar-refractivity contribution in [3.63, 3.8) is 0 Å². The molecule has 1 atom stereocenters. The molecule has 0 heterocycles. The third kappa shape index (κ3) is 5.42. The molecule has 27 heavy (non-hydrogen) atoms. The third-order valence-electron chi connectivity index (χ3n) is 4.49. The molecule has 5 heteroatoms. The van der Waals surface area contributed by atoms with E-state index in [1.807, 2.05) is 55.5 Å². The summed E-state index contributed by atoms with van der Waals surface area (Å²) in [6.45, 7) is 3.26. The number of hydrogen-bond acceptors (Lipinski definition) is 3. The van der Waals surface area contributed by atoms with Gasteiger partial charge in [-0.1, -0.05) is 60.1 Å². The Labute approximate surface area is 167 Å². The number of aryl methyl sites for hydroxylation is 1. The maximum Gasteiger partial charge on any atom is 0.0429 e. The van der Waals surface area contributed by atoms with E-state index in [0.29, 0.717) is 11.4 Å². The van der Waals surface area contributed by atoms with Crippen molar-refractivity contribution < 1.29 is 8.76 Å². The highest BCUT2D eigenvalue weighted by Gasteiger charge is 2.11. The molecule has 0 aliphatic carbocycles. The maximum absolute atomic E-state index is 11.5. The van der Waals surface area contributed by atoms with E-state index in [2.05, 4.69) is 23.1 Å². The van der Waals surface area contributed by atoms with Crippen molar-refractivity contribution in [2.24, 2.45) is 0 Å². The van der Waals surface area contributed by atoms with Gasteiger partial charge >= 0.3 is 0 Å². The Hall–Kier alpha value is -2.14. The van der Waals surface area contributed by atoms with Crippen LogP contribution in [0.5, 0.6) is 0 Å². The minimum Gasteiger partial charge on any atom is -0.768 e. The SMILES string of the molecule is Cc1ccc(N(CCc2cccc(Cl)c2)Cc2ccccc2)cc1S(=O)[O-]. The minimum absolute atomic E-state index is 0.341. The molecule has 0 fully saturated rings. The Balaban J connectivity index is 1.87. The third-order valence-corrected chi connectivity index (χ3v) is 5.53. The van der Waals surface area contributed by atoms with Crippen molar-refractivity contribution in [1.29, 1.82) is 0 Å². The van der Waals surface area contributed by atoms with Crippen LogP contribution in [0.15, 0.2) is 77.7 Å². The first-order valence-corrected chi connectivity index (χ1v) is 10.2. The summed E-state index contributed by atoms with van der Waals surface area (Å²) in [6, 6.07) is 23.6. The molecule has 0 amide bonds. The lowest BCUT2D eigenvalue weighted by atomic mass is 10.1. The Morgan fingerprint density at radius 2 is 1.70 bits per heavy atom. The van der Waals surface area contributed by atoms with Crippen LogP contribution in [-0.4, -0.2) is 15.3 Å². The molecule has 0 aromatic heterocycles. The summed E-state index contributed by atoms with van der Waals surface area (Å²) in [6.07, 6.45) is 0.817. The summed E-state index contributed by atoms with van der Waals surface area (Å²) in [5.41, 5.74) is 3.97. The predicted octanol–water partition coefficient (Wildman–Crippen LogP) is 5.14. The van der Waals surface area contributed by atoms with Crippen molar-refractivity contribution in [1.82, 2.24) is 0 Å². The Kier molecular flexibility index (Phi) is 6.67. The van der Waals surface area contributed by atoms with E-state index < -0.39 is 11.1 Å². The van der Waals surface area contributed by atoms with Crippen LogP contribution in [0.1, 0.15) is 16.7 Å². The second-order valence-electron chi connectivity index (χ2n) is 6.47. The van der Waals surface area contributed by atoms with E-state index in [-0.39, 0.29) is 0 Å². The van der Waals surface area contributed by atoms with Gasteiger partial charge in [-0.25, -0.2) is 0 Å². The van der Waals surface area contributed by atoms with Crippen molar-refractivity contribution in [2.75, 3.05) is 11.4 Å². The van der Waals surface area contributed by atoms with Crippen LogP contribution < -0.4 is 4.90 Å². The molecule has 0 aliphatic rings. The zero-order chi connectivity index (χ0) is 19.2. The minimum atomic E-state index is -2.25.